The van der Waals surface area contributed by atoms with Crippen molar-refractivity contribution in [2.24, 2.45) is 0 Å². The first-order valence-corrected chi connectivity index (χ1v) is 1.67. The third kappa shape index (κ3) is 112. The van der Waals surface area contributed by atoms with E-state index in [1.807, 2.05) is 0 Å². The standard InChI is InChI=1S/2CHNS.Au.K/c2*2-1-3;;/h2*3H;;/q;;2*+1/p-2. The number of nitrogens with zero attached hydrogens (tertiary/aromatic N) is 2. The van der Waals surface area contributed by atoms with Gasteiger partial charge in [-0.1, -0.05) is 10.8 Å². The maximum Gasteiger partial charge on any atom is 1.00 e. The summed E-state index contributed by atoms with van der Waals surface area (Å²) in [6.45, 7) is 0. The molecular formula is C2AuKN2S2. The van der Waals surface area contributed by atoms with E-state index in [1.54, 1.807) is 0 Å². The molecule has 0 N–H and O–H groups in total. The summed E-state index contributed by atoms with van der Waals surface area (Å²) in [5.41, 5.74) is 0. The van der Waals surface area contributed by atoms with Gasteiger partial charge < -0.3 is 25.3 Å². The van der Waals surface area contributed by atoms with Crippen LogP contribution in [0.3, 0.4) is 0 Å². The van der Waals surface area contributed by atoms with Gasteiger partial charge in [0.05, 0.1) is 0 Å². The summed E-state index contributed by atoms with van der Waals surface area (Å²) in [6.07, 6.45) is 0. The van der Waals surface area contributed by atoms with Crippen LogP contribution in [0, 0.1) is 21.3 Å². The SMILES string of the molecule is N#C[S-].N#C[S-].[Au+].[K+]. The molecule has 0 aliphatic heterocycles. The average molecular weight is 352 g/mol. The first-order valence-electron chi connectivity index (χ1n) is 0.855. The predicted octanol–water partition coefficient (Wildman–Crippen LogP) is -2.97. The average Bonchev–Trinajstić information content (AvgIpc) is 1.39. The normalized spacial score (nSPS) is 1.75. The summed E-state index contributed by atoms with van der Waals surface area (Å²) < 4.78 is 0. The zero-order valence-corrected chi connectivity index (χ0v) is 10.9. The first kappa shape index (κ1) is 22.6. The second kappa shape index (κ2) is 37.1. The van der Waals surface area contributed by atoms with Crippen molar-refractivity contribution in [1.29, 1.82) is 10.5 Å². The van der Waals surface area contributed by atoms with Crippen LogP contribution in [-0.2, 0) is 47.6 Å². The van der Waals surface area contributed by atoms with Crippen molar-refractivity contribution in [1.82, 2.24) is 0 Å². The van der Waals surface area contributed by atoms with Gasteiger partial charge in [-0.05, 0) is 0 Å². The van der Waals surface area contributed by atoms with Gasteiger partial charge in [-0.15, -0.1) is 0 Å². The van der Waals surface area contributed by atoms with E-state index < -0.39 is 0 Å². The molecule has 0 unspecified atom stereocenters. The van der Waals surface area contributed by atoms with Crippen LogP contribution in [0.2, 0.25) is 0 Å². The van der Waals surface area contributed by atoms with E-state index in [0.717, 1.165) is 0 Å². The largest absolute Gasteiger partial charge is 1.00 e. The Morgan fingerprint density at radius 2 is 1.00 bits per heavy atom. The minimum Gasteiger partial charge on any atom is -0.696 e. The Morgan fingerprint density at radius 1 is 1.00 bits per heavy atom. The van der Waals surface area contributed by atoms with Gasteiger partial charge in [-0.25, -0.2) is 10.5 Å². The molecule has 0 saturated carbocycles. The van der Waals surface area contributed by atoms with Gasteiger partial charge >= 0.3 is 73.8 Å². The van der Waals surface area contributed by atoms with E-state index in [2.05, 4.69) is 25.3 Å². The van der Waals surface area contributed by atoms with Crippen molar-refractivity contribution in [2.45, 2.75) is 0 Å². The molecule has 6 heteroatoms. The molecule has 0 rings (SSSR count). The zero-order chi connectivity index (χ0) is 5.41. The second-order valence-electron chi connectivity index (χ2n) is 0.183. The third-order valence-electron chi connectivity index (χ3n) is 0. The summed E-state index contributed by atoms with van der Waals surface area (Å²) in [4.78, 5) is 0. The van der Waals surface area contributed by atoms with E-state index in [-0.39, 0.29) is 73.8 Å². The molecule has 0 heterocycles. The molecule has 0 atom stereocenters. The van der Waals surface area contributed by atoms with Crippen LogP contribution in [0.15, 0.2) is 0 Å². The maximum atomic E-state index is 7.13. The fraction of sp³-hybridized carbons (Fsp3) is 0. The fourth-order valence-electron chi connectivity index (χ4n) is 0. The van der Waals surface area contributed by atoms with Gasteiger partial charge in [0.1, 0.15) is 0 Å². The minimum absolute atomic E-state index is 0. The summed E-state index contributed by atoms with van der Waals surface area (Å²) in [6, 6.07) is 0. The van der Waals surface area contributed by atoms with Crippen LogP contribution in [0.5, 0.6) is 0 Å². The Kier molecular flexibility index (Phi) is 105. The molecule has 0 aliphatic carbocycles. The monoisotopic (exact) mass is 352 g/mol. The summed E-state index contributed by atoms with van der Waals surface area (Å²) in [5, 5.41) is 16.9. The van der Waals surface area contributed by atoms with Crippen molar-refractivity contribution >= 4 is 25.3 Å². The fourth-order valence-corrected chi connectivity index (χ4v) is 0. The molecule has 0 aromatic rings. The molecule has 0 amide bonds. The van der Waals surface area contributed by atoms with E-state index in [0.29, 0.717) is 0 Å². The number of hydrogen-bond acceptors (Lipinski definition) is 4. The number of hydrogen-bond donors (Lipinski definition) is 0. The van der Waals surface area contributed by atoms with Crippen LogP contribution < -0.4 is 51.4 Å². The molecule has 0 spiro atoms. The molecule has 8 heavy (non-hydrogen) atoms. The van der Waals surface area contributed by atoms with Crippen molar-refractivity contribution in [3.8, 4) is 10.8 Å². The van der Waals surface area contributed by atoms with Gasteiger partial charge in [0, 0.05) is 0 Å². The van der Waals surface area contributed by atoms with E-state index in [9.17, 15) is 0 Å². The summed E-state index contributed by atoms with van der Waals surface area (Å²) in [5.74, 6) is 0. The number of rotatable bonds is 0. The first-order chi connectivity index (χ1) is 2.83. The minimum atomic E-state index is 0. The predicted molar refractivity (Wildman–Crippen MR) is 26.0 cm³/mol. The molecule has 0 saturated heterocycles. The molecular weight excluding hydrogens is 352 g/mol. The number of nitriles is 2. The second-order valence-corrected chi connectivity index (χ2v) is 0.548. The Morgan fingerprint density at radius 3 is 1.00 bits per heavy atom. The van der Waals surface area contributed by atoms with Crippen molar-refractivity contribution < 1.29 is 73.8 Å². The molecule has 0 aromatic carbocycles. The Balaban J connectivity index is -0.0000000160. The molecule has 0 radical (unpaired) electrons. The number of thiocyanates is 2. The molecule has 2 nitrogen and oxygen atoms in total. The molecule has 0 aromatic heterocycles. The smallest absolute Gasteiger partial charge is 0.696 e. The topological polar surface area (TPSA) is 47.6 Å². The van der Waals surface area contributed by atoms with Crippen LogP contribution in [0.1, 0.15) is 0 Å². The quantitative estimate of drug-likeness (QED) is 0.265. The Bertz CT molecular complexity index is 73.0. The molecule has 0 bridgehead atoms. The van der Waals surface area contributed by atoms with Crippen LogP contribution in [-0.4, -0.2) is 0 Å². The summed E-state index contributed by atoms with van der Waals surface area (Å²) in [7, 11) is 0. The molecule has 42 valence electrons. The van der Waals surface area contributed by atoms with Gasteiger partial charge in [0.15, 0.2) is 0 Å². The molecule has 0 aliphatic rings. The summed E-state index contributed by atoms with van der Waals surface area (Å²) >= 11 is 7.40. The van der Waals surface area contributed by atoms with Crippen molar-refractivity contribution in [3.05, 3.63) is 0 Å². The zero-order valence-electron chi connectivity index (χ0n) is 4.01. The van der Waals surface area contributed by atoms with Gasteiger partial charge in [0.25, 0.3) is 0 Å². The Labute approximate surface area is 118 Å². The van der Waals surface area contributed by atoms with Crippen molar-refractivity contribution in [3.63, 3.8) is 0 Å². The van der Waals surface area contributed by atoms with E-state index in [1.165, 1.54) is 10.8 Å². The molecule has 0 fully saturated rings. The van der Waals surface area contributed by atoms with Crippen molar-refractivity contribution in [2.75, 3.05) is 0 Å². The van der Waals surface area contributed by atoms with Crippen LogP contribution in [0.25, 0.3) is 0 Å². The maximum absolute atomic E-state index is 7.13. The van der Waals surface area contributed by atoms with Gasteiger partial charge in [-0.2, -0.15) is 0 Å². The van der Waals surface area contributed by atoms with E-state index in [4.69, 9.17) is 10.5 Å². The van der Waals surface area contributed by atoms with Crippen LogP contribution >= 0.6 is 0 Å². The van der Waals surface area contributed by atoms with Crippen LogP contribution in [0.4, 0.5) is 0 Å². The van der Waals surface area contributed by atoms with Gasteiger partial charge in [-0.3, -0.25) is 0 Å². The van der Waals surface area contributed by atoms with E-state index >= 15 is 0 Å². The third-order valence-corrected chi connectivity index (χ3v) is 0. The van der Waals surface area contributed by atoms with Gasteiger partial charge in [0.2, 0.25) is 0 Å². The Hall–Kier alpha value is 1.80.